The molecule has 0 aliphatic heterocycles. The Morgan fingerprint density at radius 2 is 1.96 bits per heavy atom. The van der Waals surface area contributed by atoms with Gasteiger partial charge in [-0.3, -0.25) is 10.1 Å². The van der Waals surface area contributed by atoms with Crippen LogP contribution in [0, 0.1) is 13.8 Å². The first kappa shape index (κ1) is 19.8. The van der Waals surface area contributed by atoms with Crippen LogP contribution in [0.1, 0.15) is 40.5 Å². The molecule has 2 heterocycles. The number of carbonyl (C=O) groups excluding carboxylic acids is 2. The number of amides is 1. The third-order valence-electron chi connectivity index (χ3n) is 4.12. The van der Waals surface area contributed by atoms with Gasteiger partial charge in [0.05, 0.1) is 11.4 Å². The first-order valence-electron chi connectivity index (χ1n) is 8.89. The number of nitrogens with one attached hydrogen (secondary N) is 1. The van der Waals surface area contributed by atoms with Gasteiger partial charge in [0.25, 0.3) is 5.91 Å². The molecule has 0 radical (unpaired) electrons. The van der Waals surface area contributed by atoms with E-state index in [4.69, 9.17) is 9.26 Å². The van der Waals surface area contributed by atoms with Crippen LogP contribution in [0.5, 0.6) is 0 Å². The van der Waals surface area contributed by atoms with E-state index < -0.39 is 18.0 Å². The van der Waals surface area contributed by atoms with E-state index >= 15 is 0 Å². The van der Waals surface area contributed by atoms with Gasteiger partial charge in [0.15, 0.2) is 6.10 Å². The number of benzene rings is 1. The first-order valence-corrected chi connectivity index (χ1v) is 9.71. The van der Waals surface area contributed by atoms with Crippen molar-refractivity contribution in [3.05, 3.63) is 52.2 Å². The molecule has 0 spiro atoms. The quantitative estimate of drug-likeness (QED) is 0.626. The Morgan fingerprint density at radius 1 is 1.25 bits per heavy atom. The van der Waals surface area contributed by atoms with E-state index in [-0.39, 0.29) is 5.88 Å². The van der Waals surface area contributed by atoms with Gasteiger partial charge in [0.2, 0.25) is 5.88 Å². The maximum Gasteiger partial charge on any atom is 0.351 e. The smallest absolute Gasteiger partial charge is 0.351 e. The molecule has 0 aliphatic carbocycles. The third-order valence-corrected chi connectivity index (χ3v) is 5.31. The Balaban J connectivity index is 1.68. The molecule has 1 atom stereocenters. The summed E-state index contributed by atoms with van der Waals surface area (Å²) in [6, 6.07) is 9.64. The summed E-state index contributed by atoms with van der Waals surface area (Å²) in [5, 5.41) is 6.94. The second-order valence-corrected chi connectivity index (χ2v) is 7.35. The van der Waals surface area contributed by atoms with Crippen molar-refractivity contribution in [3.63, 3.8) is 0 Å². The molecule has 146 valence electrons. The van der Waals surface area contributed by atoms with Crippen LogP contribution >= 0.6 is 11.3 Å². The number of anilines is 1. The van der Waals surface area contributed by atoms with E-state index in [0.717, 1.165) is 17.0 Å². The zero-order valence-corrected chi connectivity index (χ0v) is 16.9. The van der Waals surface area contributed by atoms with Gasteiger partial charge in [-0.25, -0.2) is 9.78 Å². The average molecular weight is 399 g/mol. The van der Waals surface area contributed by atoms with E-state index in [1.807, 2.05) is 24.3 Å². The molecule has 0 bridgehead atoms. The fourth-order valence-corrected chi connectivity index (χ4v) is 3.46. The van der Waals surface area contributed by atoms with Crippen LogP contribution < -0.4 is 5.32 Å². The highest BCUT2D eigenvalue weighted by Gasteiger charge is 2.24. The summed E-state index contributed by atoms with van der Waals surface area (Å²) >= 11 is 1.25. The van der Waals surface area contributed by atoms with E-state index in [1.165, 1.54) is 23.8 Å². The van der Waals surface area contributed by atoms with Gasteiger partial charge in [0.1, 0.15) is 9.88 Å². The molecule has 2 aromatic heterocycles. The van der Waals surface area contributed by atoms with Crippen molar-refractivity contribution < 1.29 is 18.8 Å². The Hall–Kier alpha value is -3.00. The lowest BCUT2D eigenvalue weighted by Gasteiger charge is -2.11. The minimum atomic E-state index is -0.994. The lowest BCUT2D eigenvalue weighted by atomic mass is 10.1. The fraction of sp³-hybridized carbons (Fsp3) is 0.300. The number of aromatic nitrogens is 2. The van der Waals surface area contributed by atoms with E-state index in [9.17, 15) is 9.59 Å². The molecule has 8 heteroatoms. The Morgan fingerprint density at radius 3 is 2.57 bits per heavy atom. The van der Waals surface area contributed by atoms with Crippen LogP contribution in [0.3, 0.4) is 0 Å². The number of hydrogen-bond donors (Lipinski definition) is 1. The molecule has 3 aromatic rings. The van der Waals surface area contributed by atoms with Gasteiger partial charge in [0, 0.05) is 11.6 Å². The maximum atomic E-state index is 12.5. The molecule has 0 fully saturated rings. The van der Waals surface area contributed by atoms with Crippen molar-refractivity contribution in [2.45, 2.75) is 40.2 Å². The number of thiazole rings is 1. The largest absolute Gasteiger partial charge is 0.448 e. The molecule has 3 rings (SSSR count). The summed E-state index contributed by atoms with van der Waals surface area (Å²) in [4.78, 5) is 29.5. The first-order chi connectivity index (χ1) is 13.4. The maximum absolute atomic E-state index is 12.5. The van der Waals surface area contributed by atoms with Crippen LogP contribution in [0.15, 0.2) is 34.9 Å². The summed E-state index contributed by atoms with van der Waals surface area (Å²) in [6.07, 6.45) is -0.0331. The molecule has 0 aliphatic rings. The van der Waals surface area contributed by atoms with Crippen molar-refractivity contribution in [3.8, 4) is 10.6 Å². The standard InChI is InChI=1S/C20H21N3O4S/c1-5-14-6-8-15(9-7-14)19-21-12(3)17(28-19)20(25)26-13(4)18(24)22-16-10-11(2)23-27-16/h6-10,13H,5H2,1-4H3,(H,22,24)/t13-/m1/s1. The van der Waals surface area contributed by atoms with Gasteiger partial charge in [-0.15, -0.1) is 11.3 Å². The zero-order valence-electron chi connectivity index (χ0n) is 16.1. The van der Waals surface area contributed by atoms with Crippen molar-refractivity contribution in [1.82, 2.24) is 10.1 Å². The monoisotopic (exact) mass is 399 g/mol. The lowest BCUT2D eigenvalue weighted by Crippen LogP contribution is -2.29. The molecule has 1 aromatic carbocycles. The summed E-state index contributed by atoms with van der Waals surface area (Å²) in [6.45, 7) is 7.08. The topological polar surface area (TPSA) is 94.3 Å². The molecule has 1 N–H and O–H groups in total. The lowest BCUT2D eigenvalue weighted by molar-refractivity contribution is -0.123. The number of carbonyl (C=O) groups is 2. The highest BCUT2D eigenvalue weighted by molar-refractivity contribution is 7.17. The third kappa shape index (κ3) is 4.45. The predicted molar refractivity (Wildman–Crippen MR) is 106 cm³/mol. The van der Waals surface area contributed by atoms with Crippen molar-refractivity contribution >= 4 is 29.1 Å². The van der Waals surface area contributed by atoms with Crippen LogP contribution in [0.25, 0.3) is 10.6 Å². The Labute approximate surface area is 166 Å². The number of aryl methyl sites for hydroxylation is 3. The fourth-order valence-electron chi connectivity index (χ4n) is 2.51. The van der Waals surface area contributed by atoms with Gasteiger partial charge in [-0.2, -0.15) is 0 Å². The molecule has 0 unspecified atom stereocenters. The molecule has 1 amide bonds. The number of esters is 1. The highest BCUT2D eigenvalue weighted by atomic mass is 32.1. The van der Waals surface area contributed by atoms with E-state index in [2.05, 4.69) is 22.4 Å². The molecular weight excluding hydrogens is 378 g/mol. The number of ether oxygens (including phenoxy) is 1. The molecule has 7 nitrogen and oxygen atoms in total. The minimum Gasteiger partial charge on any atom is -0.448 e. The van der Waals surface area contributed by atoms with E-state index in [0.29, 0.717) is 16.3 Å². The van der Waals surface area contributed by atoms with Crippen molar-refractivity contribution in [2.75, 3.05) is 5.32 Å². The number of hydrogen-bond acceptors (Lipinski definition) is 7. The molecule has 0 saturated carbocycles. The average Bonchev–Trinajstić information content (AvgIpc) is 3.27. The summed E-state index contributed by atoms with van der Waals surface area (Å²) in [5.41, 5.74) is 3.39. The minimum absolute atomic E-state index is 0.206. The SMILES string of the molecule is CCc1ccc(-c2nc(C)c(C(=O)O[C@H](C)C(=O)Nc3cc(C)no3)s2)cc1. The second-order valence-electron chi connectivity index (χ2n) is 6.35. The van der Waals surface area contributed by atoms with Crippen molar-refractivity contribution in [2.24, 2.45) is 0 Å². The highest BCUT2D eigenvalue weighted by Crippen LogP contribution is 2.29. The van der Waals surface area contributed by atoms with Crippen LogP contribution in [0.4, 0.5) is 5.88 Å². The predicted octanol–water partition coefficient (Wildman–Crippen LogP) is 4.16. The summed E-state index contributed by atoms with van der Waals surface area (Å²) in [7, 11) is 0. The molecule has 0 saturated heterocycles. The van der Waals surface area contributed by atoms with Crippen LogP contribution in [-0.4, -0.2) is 28.1 Å². The number of nitrogens with zero attached hydrogens (tertiary/aromatic N) is 2. The number of rotatable bonds is 6. The van der Waals surface area contributed by atoms with Crippen LogP contribution in [-0.2, 0) is 16.0 Å². The van der Waals surface area contributed by atoms with Crippen LogP contribution in [0.2, 0.25) is 0 Å². The van der Waals surface area contributed by atoms with Gasteiger partial charge in [-0.1, -0.05) is 36.3 Å². The Bertz CT molecular complexity index is 991. The van der Waals surface area contributed by atoms with Gasteiger partial charge >= 0.3 is 5.97 Å². The zero-order chi connectivity index (χ0) is 20.3. The van der Waals surface area contributed by atoms with Gasteiger partial charge in [-0.05, 0) is 32.8 Å². The Kier molecular flexibility index (Phi) is 5.89. The summed E-state index contributed by atoms with van der Waals surface area (Å²) in [5.74, 6) is -0.873. The van der Waals surface area contributed by atoms with Crippen molar-refractivity contribution in [1.29, 1.82) is 0 Å². The van der Waals surface area contributed by atoms with E-state index in [1.54, 1.807) is 19.9 Å². The molecular formula is C20H21N3O4S. The summed E-state index contributed by atoms with van der Waals surface area (Å²) < 4.78 is 10.2. The second kappa shape index (κ2) is 8.35. The van der Waals surface area contributed by atoms with Gasteiger partial charge < -0.3 is 9.26 Å². The normalized spacial score (nSPS) is 11.9. The molecule has 28 heavy (non-hydrogen) atoms.